The molecule has 0 N–H and O–H groups in total. The van der Waals surface area contributed by atoms with Crippen LogP contribution in [0.1, 0.15) is 17.4 Å². The third-order valence-electron chi connectivity index (χ3n) is 1.55. The van der Waals surface area contributed by atoms with Crippen molar-refractivity contribution in [3.63, 3.8) is 0 Å². The van der Waals surface area contributed by atoms with Crippen molar-refractivity contribution in [3.8, 4) is 0 Å². The Balaban J connectivity index is 2.64. The number of aryl methyl sites for hydroxylation is 1. The molecule has 4 heteroatoms. The molecule has 14 heavy (non-hydrogen) atoms. The minimum Gasteiger partial charge on any atom is -0.463 e. The maximum atomic E-state index is 11.0. The van der Waals surface area contributed by atoms with E-state index >= 15 is 0 Å². The Hall–Kier alpha value is -0.610. The Morgan fingerprint density at radius 3 is 2.93 bits per heavy atom. The van der Waals surface area contributed by atoms with Gasteiger partial charge in [-0.2, -0.15) is 0 Å². The number of hydrogen-bond donors (Lipinski definition) is 0. The molecule has 0 aliphatic rings. The van der Waals surface area contributed by atoms with E-state index in [0.717, 1.165) is 8.66 Å². The molecule has 0 saturated heterocycles. The standard InChI is InChI=1S/C10H11BrO2S/c1-3-13-9(12)5-4-8-6-7(2)10(11)14-8/h4-6H,3H2,1-2H3. The van der Waals surface area contributed by atoms with Crippen LogP contribution in [0.5, 0.6) is 0 Å². The van der Waals surface area contributed by atoms with E-state index in [1.807, 2.05) is 13.0 Å². The van der Waals surface area contributed by atoms with Crippen molar-refractivity contribution >= 4 is 39.3 Å². The Morgan fingerprint density at radius 2 is 2.43 bits per heavy atom. The summed E-state index contributed by atoms with van der Waals surface area (Å²) >= 11 is 5.02. The zero-order chi connectivity index (χ0) is 10.6. The van der Waals surface area contributed by atoms with Crippen molar-refractivity contribution in [3.05, 3.63) is 26.4 Å². The van der Waals surface area contributed by atoms with Crippen molar-refractivity contribution in [2.45, 2.75) is 13.8 Å². The van der Waals surface area contributed by atoms with Crippen molar-refractivity contribution in [2.75, 3.05) is 6.61 Å². The van der Waals surface area contributed by atoms with Crippen LogP contribution in [0.3, 0.4) is 0 Å². The van der Waals surface area contributed by atoms with Gasteiger partial charge in [0.05, 0.1) is 10.4 Å². The fraction of sp³-hybridized carbons (Fsp3) is 0.300. The Labute approximate surface area is 95.7 Å². The molecule has 2 nitrogen and oxygen atoms in total. The van der Waals surface area contributed by atoms with E-state index in [1.54, 1.807) is 24.3 Å². The van der Waals surface area contributed by atoms with Crippen LogP contribution >= 0.6 is 27.3 Å². The van der Waals surface area contributed by atoms with Crippen LogP contribution in [0.25, 0.3) is 6.08 Å². The van der Waals surface area contributed by atoms with E-state index < -0.39 is 0 Å². The van der Waals surface area contributed by atoms with E-state index in [9.17, 15) is 4.79 Å². The molecule has 0 radical (unpaired) electrons. The van der Waals surface area contributed by atoms with Gasteiger partial charge in [0.25, 0.3) is 0 Å². The van der Waals surface area contributed by atoms with E-state index in [-0.39, 0.29) is 5.97 Å². The first kappa shape index (κ1) is 11.5. The molecule has 0 amide bonds. The van der Waals surface area contributed by atoms with Crippen LogP contribution < -0.4 is 0 Å². The maximum absolute atomic E-state index is 11.0. The van der Waals surface area contributed by atoms with E-state index in [1.165, 1.54) is 11.6 Å². The molecule has 1 heterocycles. The Morgan fingerprint density at radius 1 is 1.71 bits per heavy atom. The minimum atomic E-state index is -0.297. The Kier molecular flexibility index (Phi) is 4.35. The lowest BCUT2D eigenvalue weighted by Gasteiger charge is -1.93. The van der Waals surface area contributed by atoms with E-state index in [4.69, 9.17) is 4.74 Å². The lowest BCUT2D eigenvalue weighted by atomic mass is 10.3. The SMILES string of the molecule is CCOC(=O)C=Cc1cc(C)c(Br)s1. The van der Waals surface area contributed by atoms with Gasteiger partial charge in [-0.15, -0.1) is 11.3 Å². The van der Waals surface area contributed by atoms with Gasteiger partial charge < -0.3 is 4.74 Å². The van der Waals surface area contributed by atoms with Crippen molar-refractivity contribution < 1.29 is 9.53 Å². The summed E-state index contributed by atoms with van der Waals surface area (Å²) in [5.41, 5.74) is 1.18. The van der Waals surface area contributed by atoms with Gasteiger partial charge in [0.1, 0.15) is 0 Å². The lowest BCUT2D eigenvalue weighted by Crippen LogP contribution is -1.98. The second-order valence-electron chi connectivity index (χ2n) is 2.69. The van der Waals surface area contributed by atoms with Crippen LogP contribution in [-0.4, -0.2) is 12.6 Å². The van der Waals surface area contributed by atoms with E-state index in [0.29, 0.717) is 6.61 Å². The summed E-state index contributed by atoms with van der Waals surface area (Å²) in [6.07, 6.45) is 3.21. The fourth-order valence-electron chi connectivity index (χ4n) is 0.906. The van der Waals surface area contributed by atoms with Gasteiger partial charge in [-0.1, -0.05) is 0 Å². The summed E-state index contributed by atoms with van der Waals surface area (Å²) < 4.78 is 5.87. The number of hydrogen-bond acceptors (Lipinski definition) is 3. The van der Waals surface area contributed by atoms with Crippen LogP contribution in [0.2, 0.25) is 0 Å². The van der Waals surface area contributed by atoms with Crippen molar-refractivity contribution in [1.82, 2.24) is 0 Å². The fourth-order valence-corrected chi connectivity index (χ4v) is 2.38. The van der Waals surface area contributed by atoms with Crippen molar-refractivity contribution in [2.24, 2.45) is 0 Å². The molecule has 0 aromatic carbocycles. The van der Waals surface area contributed by atoms with Gasteiger partial charge in [0, 0.05) is 11.0 Å². The largest absolute Gasteiger partial charge is 0.463 e. The summed E-state index contributed by atoms with van der Waals surface area (Å²) in [5, 5.41) is 0. The van der Waals surface area contributed by atoms with Crippen molar-refractivity contribution in [1.29, 1.82) is 0 Å². The van der Waals surface area contributed by atoms with Crippen LogP contribution in [0, 0.1) is 6.92 Å². The molecule has 0 atom stereocenters. The summed E-state index contributed by atoms with van der Waals surface area (Å²) in [4.78, 5) is 12.0. The normalized spacial score (nSPS) is 10.8. The molecule has 1 aromatic rings. The second-order valence-corrected chi connectivity index (χ2v) is 5.09. The molecule has 0 bridgehead atoms. The average molecular weight is 275 g/mol. The predicted octanol–water partition coefficient (Wildman–Crippen LogP) is 3.40. The zero-order valence-corrected chi connectivity index (χ0v) is 10.4. The molecule has 0 unspecified atom stereocenters. The molecule has 0 aliphatic carbocycles. The zero-order valence-electron chi connectivity index (χ0n) is 8.04. The van der Waals surface area contributed by atoms with Crippen LogP contribution in [0.15, 0.2) is 15.9 Å². The number of thiophene rings is 1. The summed E-state index contributed by atoms with van der Waals surface area (Å²) in [7, 11) is 0. The highest BCUT2D eigenvalue weighted by molar-refractivity contribution is 9.11. The van der Waals surface area contributed by atoms with E-state index in [2.05, 4.69) is 15.9 Å². The second kappa shape index (κ2) is 5.32. The molecule has 1 aromatic heterocycles. The molecular weight excluding hydrogens is 264 g/mol. The van der Waals surface area contributed by atoms with Gasteiger partial charge in [-0.25, -0.2) is 4.79 Å². The number of rotatable bonds is 3. The third-order valence-corrected chi connectivity index (χ3v) is 3.65. The van der Waals surface area contributed by atoms with Gasteiger partial charge in [-0.05, 0) is 47.5 Å². The first-order chi connectivity index (χ1) is 6.63. The number of carbonyl (C=O) groups is 1. The van der Waals surface area contributed by atoms with Gasteiger partial charge >= 0.3 is 5.97 Å². The highest BCUT2D eigenvalue weighted by Gasteiger charge is 2.00. The van der Waals surface area contributed by atoms with Gasteiger partial charge in [0.15, 0.2) is 0 Å². The average Bonchev–Trinajstić information content (AvgIpc) is 2.44. The lowest BCUT2D eigenvalue weighted by molar-refractivity contribution is -0.137. The number of ether oxygens (including phenoxy) is 1. The third kappa shape index (κ3) is 3.27. The highest BCUT2D eigenvalue weighted by Crippen LogP contribution is 2.27. The molecule has 0 saturated carbocycles. The van der Waals surface area contributed by atoms with Gasteiger partial charge in [0.2, 0.25) is 0 Å². The molecule has 76 valence electrons. The molecule has 0 fully saturated rings. The minimum absolute atomic E-state index is 0.297. The van der Waals surface area contributed by atoms with Crippen LogP contribution in [-0.2, 0) is 9.53 Å². The molecule has 0 spiro atoms. The maximum Gasteiger partial charge on any atom is 0.330 e. The highest BCUT2D eigenvalue weighted by atomic mass is 79.9. The summed E-state index contributed by atoms with van der Waals surface area (Å²) in [6.45, 7) is 4.22. The summed E-state index contributed by atoms with van der Waals surface area (Å²) in [5.74, 6) is -0.297. The smallest absolute Gasteiger partial charge is 0.330 e. The van der Waals surface area contributed by atoms with Gasteiger partial charge in [-0.3, -0.25) is 0 Å². The first-order valence-corrected chi connectivity index (χ1v) is 5.85. The summed E-state index contributed by atoms with van der Waals surface area (Å²) in [6, 6.07) is 2.02. The Bertz CT molecular complexity index is 336. The molecular formula is C10H11BrO2S. The quantitative estimate of drug-likeness (QED) is 0.624. The molecule has 1 rings (SSSR count). The number of carbonyl (C=O) groups excluding carboxylic acids is 1. The van der Waals surface area contributed by atoms with Crippen LogP contribution in [0.4, 0.5) is 0 Å². The monoisotopic (exact) mass is 274 g/mol. The number of halogens is 1. The number of esters is 1. The topological polar surface area (TPSA) is 26.3 Å². The predicted molar refractivity (Wildman–Crippen MR) is 62.4 cm³/mol. The molecule has 0 aliphatic heterocycles. The first-order valence-electron chi connectivity index (χ1n) is 4.24.